The summed E-state index contributed by atoms with van der Waals surface area (Å²) in [5.41, 5.74) is 4.13. The lowest BCUT2D eigenvalue weighted by atomic mass is 10.1. The number of aryl methyl sites for hydroxylation is 1. The van der Waals surface area contributed by atoms with Crippen molar-refractivity contribution in [3.8, 4) is 0 Å². The third-order valence-electron chi connectivity index (χ3n) is 5.06. The number of carboxylic acids is 1. The number of benzene rings is 3. The van der Waals surface area contributed by atoms with Gasteiger partial charge in [-0.2, -0.15) is 0 Å². The van der Waals surface area contributed by atoms with Gasteiger partial charge in [-0.15, -0.1) is 0 Å². The highest BCUT2D eigenvalue weighted by molar-refractivity contribution is 6.31. The normalized spacial score (nSPS) is 11.4. The molecule has 0 aliphatic heterocycles. The van der Waals surface area contributed by atoms with Crippen molar-refractivity contribution in [3.05, 3.63) is 105 Å². The van der Waals surface area contributed by atoms with Gasteiger partial charge in [0.25, 0.3) is 0 Å². The fraction of sp³-hybridized carbons (Fsp3) is 0.192. The summed E-state index contributed by atoms with van der Waals surface area (Å²) in [6.45, 7) is 2.74. The van der Waals surface area contributed by atoms with E-state index in [1.165, 1.54) is 0 Å². The van der Waals surface area contributed by atoms with E-state index < -0.39 is 5.97 Å². The smallest absolute Gasteiger partial charge is 0.304 e. The Hall–Kier alpha value is -2.95. The minimum atomic E-state index is -0.887. The highest BCUT2D eigenvalue weighted by Crippen LogP contribution is 2.24. The average Bonchev–Trinajstić information content (AvgIpc) is 2.77. The molecule has 0 aliphatic rings. The number of rotatable bonds is 9. The standard InChI is InChI=1S/C26H25ClFNO2/c1-19-7-14-24(27)23(26(19)28)18-29(16-15-25(30)31)17-22-12-10-21(11-13-22)9-8-20-5-3-2-4-6-20/h2-14H,15-18H2,1H3,(H,30,31)/b9-8+. The molecule has 0 saturated heterocycles. The van der Waals surface area contributed by atoms with E-state index >= 15 is 0 Å². The molecule has 1 N–H and O–H groups in total. The Kier molecular flexibility index (Phi) is 7.99. The number of nitrogens with zero attached hydrogens (tertiary/aromatic N) is 1. The van der Waals surface area contributed by atoms with E-state index in [0.717, 1.165) is 16.7 Å². The van der Waals surface area contributed by atoms with Crippen molar-refractivity contribution in [2.45, 2.75) is 26.4 Å². The third-order valence-corrected chi connectivity index (χ3v) is 5.41. The first-order valence-electron chi connectivity index (χ1n) is 10.1. The highest BCUT2D eigenvalue weighted by Gasteiger charge is 2.16. The molecule has 0 saturated carbocycles. The number of hydrogen-bond donors (Lipinski definition) is 1. The Bertz CT molecular complexity index is 1050. The van der Waals surface area contributed by atoms with Gasteiger partial charge in [-0.3, -0.25) is 9.69 Å². The number of carbonyl (C=O) groups is 1. The van der Waals surface area contributed by atoms with E-state index in [1.807, 2.05) is 65.6 Å². The monoisotopic (exact) mass is 437 g/mol. The topological polar surface area (TPSA) is 40.5 Å². The lowest BCUT2D eigenvalue weighted by Gasteiger charge is -2.23. The van der Waals surface area contributed by atoms with Crippen LogP contribution in [0.25, 0.3) is 12.2 Å². The zero-order valence-corrected chi connectivity index (χ0v) is 18.1. The van der Waals surface area contributed by atoms with Crippen LogP contribution in [0.15, 0.2) is 66.7 Å². The summed E-state index contributed by atoms with van der Waals surface area (Å²) >= 11 is 6.23. The molecule has 0 atom stereocenters. The molecule has 3 nitrogen and oxygen atoms in total. The molecule has 0 bridgehead atoms. The van der Waals surface area contributed by atoms with Crippen LogP contribution in [0, 0.1) is 12.7 Å². The largest absolute Gasteiger partial charge is 0.481 e. The molecule has 5 heteroatoms. The van der Waals surface area contributed by atoms with Gasteiger partial charge in [0.2, 0.25) is 0 Å². The zero-order chi connectivity index (χ0) is 22.2. The molecular formula is C26H25ClFNO2. The van der Waals surface area contributed by atoms with Crippen molar-refractivity contribution in [3.63, 3.8) is 0 Å². The van der Waals surface area contributed by atoms with E-state index in [2.05, 4.69) is 6.08 Å². The van der Waals surface area contributed by atoms with Crippen LogP contribution >= 0.6 is 11.6 Å². The summed E-state index contributed by atoms with van der Waals surface area (Å²) in [6, 6.07) is 21.4. The zero-order valence-electron chi connectivity index (χ0n) is 17.4. The second kappa shape index (κ2) is 10.9. The predicted molar refractivity (Wildman–Crippen MR) is 124 cm³/mol. The molecule has 31 heavy (non-hydrogen) atoms. The van der Waals surface area contributed by atoms with Crippen LogP contribution in [0.2, 0.25) is 5.02 Å². The van der Waals surface area contributed by atoms with Crippen molar-refractivity contribution >= 4 is 29.7 Å². The SMILES string of the molecule is Cc1ccc(Cl)c(CN(CCC(=O)O)Cc2ccc(/C=C/c3ccccc3)cc2)c1F. The van der Waals surface area contributed by atoms with Gasteiger partial charge in [0, 0.05) is 30.2 Å². The van der Waals surface area contributed by atoms with Gasteiger partial charge in [-0.25, -0.2) is 4.39 Å². The molecule has 0 aromatic heterocycles. The van der Waals surface area contributed by atoms with Gasteiger partial charge < -0.3 is 5.11 Å². The minimum Gasteiger partial charge on any atom is -0.481 e. The van der Waals surface area contributed by atoms with Gasteiger partial charge >= 0.3 is 5.97 Å². The molecule has 0 fully saturated rings. The van der Waals surface area contributed by atoms with Crippen LogP contribution in [0.4, 0.5) is 4.39 Å². The van der Waals surface area contributed by atoms with Gasteiger partial charge in [-0.1, -0.05) is 84.4 Å². The first-order valence-corrected chi connectivity index (χ1v) is 10.5. The highest BCUT2D eigenvalue weighted by atomic mass is 35.5. The van der Waals surface area contributed by atoms with Crippen molar-refractivity contribution < 1.29 is 14.3 Å². The minimum absolute atomic E-state index is 0.0249. The lowest BCUT2D eigenvalue weighted by molar-refractivity contribution is -0.137. The molecule has 0 radical (unpaired) electrons. The molecule has 0 aliphatic carbocycles. The molecule has 0 heterocycles. The van der Waals surface area contributed by atoms with E-state index in [0.29, 0.717) is 29.2 Å². The number of aliphatic carboxylic acids is 1. The Balaban J connectivity index is 1.73. The first kappa shape index (κ1) is 22.7. The number of hydrogen-bond acceptors (Lipinski definition) is 2. The van der Waals surface area contributed by atoms with E-state index in [-0.39, 0.29) is 18.8 Å². The summed E-state index contributed by atoms with van der Waals surface area (Å²) in [7, 11) is 0. The third kappa shape index (κ3) is 6.78. The van der Waals surface area contributed by atoms with E-state index in [1.54, 1.807) is 19.1 Å². The van der Waals surface area contributed by atoms with Crippen molar-refractivity contribution in [2.75, 3.05) is 6.54 Å². The Morgan fingerprint density at radius 1 is 0.968 bits per heavy atom. The van der Waals surface area contributed by atoms with Gasteiger partial charge in [0.05, 0.1) is 6.42 Å². The summed E-state index contributed by atoms with van der Waals surface area (Å²) in [5.74, 6) is -1.23. The maximum atomic E-state index is 14.6. The van der Waals surface area contributed by atoms with Crippen LogP contribution in [0.1, 0.15) is 34.2 Å². The summed E-state index contributed by atoms with van der Waals surface area (Å²) in [6.07, 6.45) is 4.07. The van der Waals surface area contributed by atoms with Crippen molar-refractivity contribution in [1.29, 1.82) is 0 Å². The number of carboxylic acid groups (broad SMARTS) is 1. The van der Waals surface area contributed by atoms with Crippen LogP contribution in [0.3, 0.4) is 0 Å². The molecular weight excluding hydrogens is 413 g/mol. The Labute approximate surface area is 187 Å². The Morgan fingerprint density at radius 2 is 1.61 bits per heavy atom. The molecule has 0 unspecified atom stereocenters. The quantitative estimate of drug-likeness (QED) is 0.392. The second-order valence-electron chi connectivity index (χ2n) is 7.50. The molecule has 3 aromatic carbocycles. The molecule has 3 rings (SSSR count). The van der Waals surface area contributed by atoms with Gasteiger partial charge in [-0.05, 0) is 35.2 Å². The summed E-state index contributed by atoms with van der Waals surface area (Å²) in [5, 5.41) is 9.45. The van der Waals surface area contributed by atoms with E-state index in [4.69, 9.17) is 16.7 Å². The predicted octanol–water partition coefficient (Wildman–Crippen LogP) is 6.43. The molecule has 160 valence electrons. The second-order valence-corrected chi connectivity index (χ2v) is 7.90. The van der Waals surface area contributed by atoms with Crippen molar-refractivity contribution in [1.82, 2.24) is 4.90 Å². The fourth-order valence-corrected chi connectivity index (χ4v) is 3.51. The summed E-state index contributed by atoms with van der Waals surface area (Å²) < 4.78 is 14.6. The fourth-order valence-electron chi connectivity index (χ4n) is 3.30. The maximum Gasteiger partial charge on any atom is 0.304 e. The van der Waals surface area contributed by atoms with E-state index in [9.17, 15) is 9.18 Å². The van der Waals surface area contributed by atoms with Crippen LogP contribution in [0.5, 0.6) is 0 Å². The Morgan fingerprint density at radius 3 is 2.26 bits per heavy atom. The van der Waals surface area contributed by atoms with Gasteiger partial charge in [0.1, 0.15) is 5.82 Å². The van der Waals surface area contributed by atoms with Crippen LogP contribution in [-0.2, 0) is 17.9 Å². The molecule has 0 spiro atoms. The average molecular weight is 438 g/mol. The first-order chi connectivity index (χ1) is 14.9. The summed E-state index contributed by atoms with van der Waals surface area (Å²) in [4.78, 5) is 13.0. The van der Waals surface area contributed by atoms with Crippen molar-refractivity contribution in [2.24, 2.45) is 0 Å². The molecule has 3 aromatic rings. The number of halogens is 2. The van der Waals surface area contributed by atoms with Crippen LogP contribution < -0.4 is 0 Å². The van der Waals surface area contributed by atoms with Crippen LogP contribution in [-0.4, -0.2) is 22.5 Å². The molecule has 0 amide bonds. The maximum absolute atomic E-state index is 14.6. The van der Waals surface area contributed by atoms with Gasteiger partial charge in [0.15, 0.2) is 0 Å². The lowest BCUT2D eigenvalue weighted by Crippen LogP contribution is -2.26.